The standard InChI is InChI=1S/C15H16N2O5S2/c1-22-10-2-4-11(5-3-10)24(20,21)9-7-13(18)17-15-12(14(16)19)6-8-23-15/h2-6,8H,7,9H2,1H3,(H2,16,19)(H,17,18). The third kappa shape index (κ3) is 4.33. The second kappa shape index (κ2) is 7.45. The van der Waals surface area contributed by atoms with Crippen LogP contribution >= 0.6 is 11.3 Å². The van der Waals surface area contributed by atoms with Crippen LogP contribution in [0.3, 0.4) is 0 Å². The molecule has 7 nitrogen and oxygen atoms in total. The fraction of sp³-hybridized carbons (Fsp3) is 0.200. The zero-order chi connectivity index (χ0) is 17.7. The van der Waals surface area contributed by atoms with Gasteiger partial charge in [-0.3, -0.25) is 9.59 Å². The first-order valence-electron chi connectivity index (χ1n) is 6.87. The Morgan fingerprint density at radius 2 is 1.88 bits per heavy atom. The summed E-state index contributed by atoms with van der Waals surface area (Å²) < 4.78 is 29.4. The Bertz CT molecular complexity index is 841. The molecular formula is C15H16N2O5S2. The molecule has 1 aromatic heterocycles. The fourth-order valence-corrected chi connectivity index (χ4v) is 3.97. The number of ether oxygens (including phenoxy) is 1. The van der Waals surface area contributed by atoms with Gasteiger partial charge in [0.25, 0.3) is 5.91 Å². The molecule has 3 N–H and O–H groups in total. The van der Waals surface area contributed by atoms with Crippen molar-refractivity contribution >= 4 is 38.0 Å². The van der Waals surface area contributed by atoms with Crippen LogP contribution in [0, 0.1) is 0 Å². The molecule has 0 bridgehead atoms. The SMILES string of the molecule is COc1ccc(S(=O)(=O)CCC(=O)Nc2sccc2C(N)=O)cc1. The molecule has 0 saturated heterocycles. The van der Waals surface area contributed by atoms with Crippen LogP contribution in [0.1, 0.15) is 16.8 Å². The number of carbonyl (C=O) groups excluding carboxylic acids is 2. The van der Waals surface area contributed by atoms with E-state index in [1.54, 1.807) is 5.38 Å². The summed E-state index contributed by atoms with van der Waals surface area (Å²) in [5, 5.41) is 4.44. The topological polar surface area (TPSA) is 116 Å². The average molecular weight is 368 g/mol. The lowest BCUT2D eigenvalue weighted by molar-refractivity contribution is -0.115. The van der Waals surface area contributed by atoms with Crippen molar-refractivity contribution in [2.75, 3.05) is 18.2 Å². The number of amides is 2. The van der Waals surface area contributed by atoms with Crippen LogP contribution in [-0.2, 0) is 14.6 Å². The summed E-state index contributed by atoms with van der Waals surface area (Å²) in [5.74, 6) is -0.958. The van der Waals surface area contributed by atoms with Crippen molar-refractivity contribution in [2.45, 2.75) is 11.3 Å². The van der Waals surface area contributed by atoms with Gasteiger partial charge in [-0.25, -0.2) is 8.42 Å². The summed E-state index contributed by atoms with van der Waals surface area (Å²) in [5.41, 5.74) is 5.39. The highest BCUT2D eigenvalue weighted by molar-refractivity contribution is 7.91. The molecule has 9 heteroatoms. The normalized spacial score (nSPS) is 11.0. The lowest BCUT2D eigenvalue weighted by Crippen LogP contribution is -2.19. The van der Waals surface area contributed by atoms with E-state index in [1.165, 1.54) is 37.4 Å². The predicted octanol–water partition coefficient (Wildman–Crippen LogP) is 1.66. The predicted molar refractivity (Wildman–Crippen MR) is 91.1 cm³/mol. The van der Waals surface area contributed by atoms with Gasteiger partial charge in [-0.15, -0.1) is 11.3 Å². The Morgan fingerprint density at radius 1 is 1.21 bits per heavy atom. The first-order valence-corrected chi connectivity index (χ1v) is 9.40. The van der Waals surface area contributed by atoms with E-state index in [4.69, 9.17) is 10.5 Å². The number of carbonyl (C=O) groups is 2. The number of anilines is 1. The molecule has 0 spiro atoms. The second-order valence-electron chi connectivity index (χ2n) is 4.82. The first kappa shape index (κ1) is 18.0. The molecule has 0 fully saturated rings. The van der Waals surface area contributed by atoms with E-state index in [9.17, 15) is 18.0 Å². The molecule has 128 valence electrons. The van der Waals surface area contributed by atoms with Crippen molar-refractivity contribution < 1.29 is 22.7 Å². The average Bonchev–Trinajstić information content (AvgIpc) is 3.01. The lowest BCUT2D eigenvalue weighted by Gasteiger charge is -2.07. The molecule has 24 heavy (non-hydrogen) atoms. The van der Waals surface area contributed by atoms with Crippen molar-refractivity contribution in [3.63, 3.8) is 0 Å². The largest absolute Gasteiger partial charge is 0.497 e. The van der Waals surface area contributed by atoms with E-state index < -0.39 is 21.7 Å². The van der Waals surface area contributed by atoms with Gasteiger partial charge in [-0.05, 0) is 35.7 Å². The number of nitrogens with two attached hydrogens (primary N) is 1. The quantitative estimate of drug-likeness (QED) is 0.771. The number of hydrogen-bond acceptors (Lipinski definition) is 6. The summed E-state index contributed by atoms with van der Waals surface area (Å²) >= 11 is 1.14. The highest BCUT2D eigenvalue weighted by atomic mass is 32.2. The molecule has 0 unspecified atom stereocenters. The third-order valence-electron chi connectivity index (χ3n) is 3.20. The van der Waals surface area contributed by atoms with E-state index in [0.717, 1.165) is 11.3 Å². The molecule has 0 radical (unpaired) electrons. The molecule has 0 saturated carbocycles. The van der Waals surface area contributed by atoms with Crippen LogP contribution in [0.5, 0.6) is 5.75 Å². The summed E-state index contributed by atoms with van der Waals surface area (Å²) in [7, 11) is -2.11. The molecule has 0 aliphatic heterocycles. The summed E-state index contributed by atoms with van der Waals surface area (Å²) in [6.45, 7) is 0. The van der Waals surface area contributed by atoms with E-state index in [2.05, 4.69) is 5.32 Å². The van der Waals surface area contributed by atoms with Crippen molar-refractivity contribution in [1.29, 1.82) is 0 Å². The Morgan fingerprint density at radius 3 is 2.46 bits per heavy atom. The van der Waals surface area contributed by atoms with Crippen LogP contribution in [0.15, 0.2) is 40.6 Å². The highest BCUT2D eigenvalue weighted by Gasteiger charge is 2.18. The number of thiophene rings is 1. The minimum Gasteiger partial charge on any atom is -0.497 e. The smallest absolute Gasteiger partial charge is 0.251 e. The van der Waals surface area contributed by atoms with E-state index in [-0.39, 0.29) is 22.6 Å². The zero-order valence-corrected chi connectivity index (χ0v) is 14.4. The van der Waals surface area contributed by atoms with E-state index in [1.807, 2.05) is 0 Å². The zero-order valence-electron chi connectivity index (χ0n) is 12.8. The third-order valence-corrected chi connectivity index (χ3v) is 5.76. The van der Waals surface area contributed by atoms with Gasteiger partial charge in [0.2, 0.25) is 5.91 Å². The van der Waals surface area contributed by atoms with Crippen molar-refractivity contribution in [3.05, 3.63) is 41.3 Å². The minimum atomic E-state index is -3.59. The summed E-state index contributed by atoms with van der Waals surface area (Å²) in [6.07, 6.45) is -0.232. The van der Waals surface area contributed by atoms with Crippen LogP contribution in [0.25, 0.3) is 0 Å². The minimum absolute atomic E-state index is 0.116. The number of sulfone groups is 1. The number of rotatable bonds is 7. The Kier molecular flexibility index (Phi) is 5.58. The van der Waals surface area contributed by atoms with Gasteiger partial charge in [0, 0.05) is 6.42 Å². The molecule has 2 amide bonds. The molecule has 1 aromatic carbocycles. The van der Waals surface area contributed by atoms with Crippen LogP contribution < -0.4 is 15.8 Å². The molecule has 0 aliphatic rings. The van der Waals surface area contributed by atoms with Gasteiger partial charge in [0.05, 0.1) is 23.3 Å². The number of benzene rings is 1. The molecule has 1 heterocycles. The maximum absolute atomic E-state index is 12.2. The van der Waals surface area contributed by atoms with Crippen LogP contribution in [0.4, 0.5) is 5.00 Å². The van der Waals surface area contributed by atoms with Gasteiger partial charge in [-0.2, -0.15) is 0 Å². The van der Waals surface area contributed by atoms with Gasteiger partial charge in [0.15, 0.2) is 9.84 Å². The molecule has 0 atom stereocenters. The number of nitrogens with one attached hydrogen (secondary N) is 1. The summed E-state index contributed by atoms with van der Waals surface area (Å²) in [4.78, 5) is 23.2. The Labute approximate surface area is 143 Å². The molecule has 2 rings (SSSR count). The van der Waals surface area contributed by atoms with Gasteiger partial charge in [0.1, 0.15) is 10.8 Å². The van der Waals surface area contributed by atoms with Gasteiger partial charge < -0.3 is 15.8 Å². The summed E-state index contributed by atoms with van der Waals surface area (Å²) in [6, 6.07) is 7.43. The van der Waals surface area contributed by atoms with Crippen LogP contribution in [0.2, 0.25) is 0 Å². The van der Waals surface area contributed by atoms with Crippen molar-refractivity contribution in [1.82, 2.24) is 0 Å². The first-order chi connectivity index (χ1) is 11.3. The molecule has 2 aromatic rings. The number of primary amides is 1. The maximum atomic E-state index is 12.2. The number of hydrogen-bond donors (Lipinski definition) is 2. The van der Waals surface area contributed by atoms with Crippen LogP contribution in [-0.4, -0.2) is 33.1 Å². The van der Waals surface area contributed by atoms with E-state index in [0.29, 0.717) is 10.8 Å². The lowest BCUT2D eigenvalue weighted by atomic mass is 10.3. The second-order valence-corrected chi connectivity index (χ2v) is 7.85. The molecular weight excluding hydrogens is 352 g/mol. The van der Waals surface area contributed by atoms with Gasteiger partial charge in [-0.1, -0.05) is 0 Å². The monoisotopic (exact) mass is 368 g/mol. The number of methoxy groups -OCH3 is 1. The maximum Gasteiger partial charge on any atom is 0.251 e. The Balaban J connectivity index is 1.99. The Hall–Kier alpha value is -2.39. The highest BCUT2D eigenvalue weighted by Crippen LogP contribution is 2.23. The van der Waals surface area contributed by atoms with Crippen molar-refractivity contribution in [2.24, 2.45) is 5.73 Å². The van der Waals surface area contributed by atoms with Crippen molar-refractivity contribution in [3.8, 4) is 5.75 Å². The molecule has 0 aliphatic carbocycles. The fourth-order valence-electron chi connectivity index (χ4n) is 1.92. The van der Waals surface area contributed by atoms with Gasteiger partial charge >= 0.3 is 0 Å². The van der Waals surface area contributed by atoms with E-state index >= 15 is 0 Å².